The number of fused-ring (bicyclic) bond motifs is 3. The lowest BCUT2D eigenvalue weighted by Gasteiger charge is -2.04. The maximum Gasteiger partial charge on any atom is 0.271 e. The summed E-state index contributed by atoms with van der Waals surface area (Å²) in [5.74, 6) is 0.710. The Morgan fingerprint density at radius 2 is 2.00 bits per heavy atom. The number of hydrogen-bond acceptors (Lipinski definition) is 7. The molecular weight excluding hydrogens is 366 g/mol. The van der Waals surface area contributed by atoms with Crippen LogP contribution in [0.4, 0.5) is 0 Å². The molecule has 0 unspecified atom stereocenters. The number of hydrogen-bond donors (Lipinski definition) is 1. The van der Waals surface area contributed by atoms with Crippen LogP contribution in [0.5, 0.6) is 5.75 Å². The molecule has 2 N–H and O–H groups in total. The van der Waals surface area contributed by atoms with Crippen molar-refractivity contribution in [2.24, 2.45) is 5.73 Å². The van der Waals surface area contributed by atoms with Gasteiger partial charge < -0.3 is 10.5 Å². The van der Waals surface area contributed by atoms with Gasteiger partial charge in [0, 0.05) is 5.56 Å². The first-order valence-electron chi connectivity index (χ1n) is 8.07. The zero-order valence-corrected chi connectivity index (χ0v) is 15.4. The van der Waals surface area contributed by atoms with Crippen molar-refractivity contribution >= 4 is 37.7 Å². The van der Waals surface area contributed by atoms with Crippen molar-refractivity contribution in [3.63, 3.8) is 0 Å². The zero-order chi connectivity index (χ0) is 19.1. The van der Waals surface area contributed by atoms with Crippen molar-refractivity contribution in [2.45, 2.75) is 13.5 Å². The summed E-state index contributed by atoms with van der Waals surface area (Å²) in [7, 11) is 1.61. The molecule has 0 atom stereocenters. The van der Waals surface area contributed by atoms with Crippen LogP contribution in [0.15, 0.2) is 35.4 Å². The minimum atomic E-state index is -0.600. The number of carbonyl (C=O) groups excluding carboxylic acids is 1. The number of aryl methyl sites for hydroxylation is 1. The molecule has 27 heavy (non-hydrogen) atoms. The fourth-order valence-electron chi connectivity index (χ4n) is 2.88. The number of nitrogens with two attached hydrogens (primary N) is 1. The predicted molar refractivity (Wildman–Crippen MR) is 103 cm³/mol. The summed E-state index contributed by atoms with van der Waals surface area (Å²) in [6, 6.07) is 7.44. The molecule has 0 spiro atoms. The Kier molecular flexibility index (Phi) is 4.08. The van der Waals surface area contributed by atoms with E-state index in [2.05, 4.69) is 15.0 Å². The number of methoxy groups -OCH3 is 1. The second kappa shape index (κ2) is 6.44. The van der Waals surface area contributed by atoms with E-state index in [-0.39, 0.29) is 12.1 Å². The smallest absolute Gasteiger partial charge is 0.271 e. The van der Waals surface area contributed by atoms with E-state index < -0.39 is 5.91 Å². The van der Waals surface area contributed by atoms with E-state index in [4.69, 9.17) is 10.5 Å². The molecule has 0 radical (unpaired) electrons. The molecule has 9 heteroatoms. The van der Waals surface area contributed by atoms with E-state index in [9.17, 15) is 9.59 Å². The fourth-order valence-corrected chi connectivity index (χ4v) is 4.01. The first kappa shape index (κ1) is 17.1. The van der Waals surface area contributed by atoms with Crippen molar-refractivity contribution in [1.29, 1.82) is 0 Å². The molecule has 3 heterocycles. The van der Waals surface area contributed by atoms with Crippen molar-refractivity contribution in [1.82, 2.24) is 19.5 Å². The van der Waals surface area contributed by atoms with E-state index >= 15 is 0 Å². The number of nitrogens with zero attached hydrogens (tertiary/aromatic N) is 4. The molecule has 136 valence electrons. The molecule has 0 saturated heterocycles. The second-order valence-corrected chi connectivity index (χ2v) is 6.96. The van der Waals surface area contributed by atoms with E-state index in [0.29, 0.717) is 20.9 Å². The maximum absolute atomic E-state index is 12.6. The molecule has 4 aromatic rings. The van der Waals surface area contributed by atoms with E-state index in [0.717, 1.165) is 22.4 Å². The third-order valence-corrected chi connectivity index (χ3v) is 5.22. The number of carbonyl (C=O) groups is 1. The Bertz CT molecular complexity index is 1240. The number of rotatable bonds is 4. The van der Waals surface area contributed by atoms with Crippen LogP contribution in [0.3, 0.4) is 0 Å². The average Bonchev–Trinajstić information content (AvgIpc) is 3.03. The first-order chi connectivity index (χ1) is 13.0. The largest absolute Gasteiger partial charge is 0.497 e. The summed E-state index contributed by atoms with van der Waals surface area (Å²) in [4.78, 5) is 38.0. The SMILES string of the molecule is COc1ccc(-c2nc(C)c3c(n2)sc2c(=O)n(CC(N)=O)cnc23)cc1. The van der Waals surface area contributed by atoms with Crippen molar-refractivity contribution in [3.8, 4) is 17.1 Å². The Morgan fingerprint density at radius 1 is 1.26 bits per heavy atom. The monoisotopic (exact) mass is 381 g/mol. The maximum atomic E-state index is 12.6. The molecule has 0 aliphatic carbocycles. The Labute approximate surface area is 157 Å². The van der Waals surface area contributed by atoms with Crippen LogP contribution in [0.2, 0.25) is 0 Å². The topological polar surface area (TPSA) is 113 Å². The highest BCUT2D eigenvalue weighted by Crippen LogP contribution is 2.32. The summed E-state index contributed by atoms with van der Waals surface area (Å²) in [5.41, 5.74) is 6.99. The van der Waals surface area contributed by atoms with Crippen molar-refractivity contribution in [3.05, 3.63) is 46.6 Å². The minimum Gasteiger partial charge on any atom is -0.497 e. The van der Waals surface area contributed by atoms with Gasteiger partial charge in [-0.3, -0.25) is 14.2 Å². The van der Waals surface area contributed by atoms with Crippen molar-refractivity contribution < 1.29 is 9.53 Å². The van der Waals surface area contributed by atoms with Gasteiger partial charge in [0.2, 0.25) is 5.91 Å². The van der Waals surface area contributed by atoms with Crippen LogP contribution < -0.4 is 16.0 Å². The van der Waals surface area contributed by atoms with Crippen LogP contribution in [-0.2, 0) is 11.3 Å². The van der Waals surface area contributed by atoms with Crippen LogP contribution in [-0.4, -0.2) is 32.5 Å². The Hall–Kier alpha value is -3.33. The highest BCUT2D eigenvalue weighted by Gasteiger charge is 2.17. The van der Waals surface area contributed by atoms with Gasteiger partial charge in [0.05, 0.1) is 30.0 Å². The molecule has 0 aliphatic rings. The molecular formula is C18H15N5O3S. The lowest BCUT2D eigenvalue weighted by atomic mass is 10.2. The van der Waals surface area contributed by atoms with E-state index in [1.165, 1.54) is 22.2 Å². The fraction of sp³-hybridized carbons (Fsp3) is 0.167. The molecule has 0 bridgehead atoms. The van der Waals surface area contributed by atoms with Gasteiger partial charge >= 0.3 is 0 Å². The lowest BCUT2D eigenvalue weighted by Crippen LogP contribution is -2.27. The number of aromatic nitrogens is 4. The molecule has 4 rings (SSSR count). The quantitative estimate of drug-likeness (QED) is 0.577. The van der Waals surface area contributed by atoms with Crippen LogP contribution in [0.1, 0.15) is 5.69 Å². The standard InChI is InChI=1S/C18H15N5O3S/c1-9-13-14-15(18(25)23(8-20-14)7-12(19)24)27-17(13)22-16(21-9)10-3-5-11(26-2)6-4-10/h3-6,8H,7H2,1-2H3,(H2,19,24). The zero-order valence-electron chi connectivity index (χ0n) is 14.6. The van der Waals surface area contributed by atoms with Crippen LogP contribution >= 0.6 is 11.3 Å². The summed E-state index contributed by atoms with van der Waals surface area (Å²) >= 11 is 1.24. The average molecular weight is 381 g/mol. The lowest BCUT2D eigenvalue weighted by molar-refractivity contribution is -0.118. The molecule has 3 aromatic heterocycles. The van der Waals surface area contributed by atoms with Gasteiger partial charge in [-0.1, -0.05) is 0 Å². The van der Waals surface area contributed by atoms with E-state index in [1.807, 2.05) is 31.2 Å². The molecule has 1 amide bonds. The summed E-state index contributed by atoms with van der Waals surface area (Å²) in [5, 5.41) is 0.746. The molecule has 1 aromatic carbocycles. The number of benzene rings is 1. The first-order valence-corrected chi connectivity index (χ1v) is 8.88. The number of thiophene rings is 1. The van der Waals surface area contributed by atoms with Gasteiger partial charge in [0.15, 0.2) is 5.82 Å². The highest BCUT2D eigenvalue weighted by molar-refractivity contribution is 7.25. The van der Waals surface area contributed by atoms with Gasteiger partial charge in [-0.25, -0.2) is 15.0 Å². The molecule has 0 saturated carbocycles. The second-order valence-electron chi connectivity index (χ2n) is 5.97. The molecule has 8 nitrogen and oxygen atoms in total. The summed E-state index contributed by atoms with van der Waals surface area (Å²) in [6.45, 7) is 1.65. The van der Waals surface area contributed by atoms with Gasteiger partial charge in [-0.15, -0.1) is 11.3 Å². The summed E-state index contributed by atoms with van der Waals surface area (Å²) in [6.07, 6.45) is 1.33. The minimum absolute atomic E-state index is 0.211. The number of primary amides is 1. The van der Waals surface area contributed by atoms with Crippen molar-refractivity contribution in [2.75, 3.05) is 7.11 Å². The third kappa shape index (κ3) is 2.91. The predicted octanol–water partition coefficient (Wildman–Crippen LogP) is 1.87. The third-order valence-electron chi connectivity index (χ3n) is 4.16. The Morgan fingerprint density at radius 3 is 2.67 bits per heavy atom. The van der Waals surface area contributed by atoms with Crippen LogP contribution in [0.25, 0.3) is 31.8 Å². The molecule has 0 fully saturated rings. The van der Waals surface area contributed by atoms with Gasteiger partial charge in [-0.05, 0) is 31.2 Å². The van der Waals surface area contributed by atoms with Gasteiger partial charge in [-0.2, -0.15) is 0 Å². The van der Waals surface area contributed by atoms with E-state index in [1.54, 1.807) is 7.11 Å². The van der Waals surface area contributed by atoms with Crippen LogP contribution in [0, 0.1) is 6.92 Å². The normalized spacial score (nSPS) is 11.2. The summed E-state index contributed by atoms with van der Waals surface area (Å²) < 4.78 is 6.80. The highest BCUT2D eigenvalue weighted by atomic mass is 32.1. The molecule has 0 aliphatic heterocycles. The number of ether oxygens (including phenoxy) is 1. The van der Waals surface area contributed by atoms with Gasteiger partial charge in [0.1, 0.15) is 21.8 Å². The number of amides is 1. The van der Waals surface area contributed by atoms with Gasteiger partial charge in [0.25, 0.3) is 5.56 Å². The Balaban J connectivity index is 1.91.